The lowest BCUT2D eigenvalue weighted by molar-refractivity contribution is 0.0424. The number of oxazole rings is 1. The molecule has 0 radical (unpaired) electrons. The van der Waals surface area contributed by atoms with Crippen LogP contribution in [0.2, 0.25) is 0 Å². The molecule has 0 atom stereocenters. The van der Waals surface area contributed by atoms with Crippen molar-refractivity contribution >= 4 is 16.9 Å². The second-order valence-corrected chi connectivity index (χ2v) is 6.51. The van der Waals surface area contributed by atoms with E-state index in [4.69, 9.17) is 18.3 Å². The van der Waals surface area contributed by atoms with Crippen molar-refractivity contribution in [1.29, 1.82) is 0 Å². The summed E-state index contributed by atoms with van der Waals surface area (Å²) in [5, 5.41) is 0.844. The van der Waals surface area contributed by atoms with Gasteiger partial charge >= 0.3 is 5.97 Å². The second kappa shape index (κ2) is 8.32. The highest BCUT2D eigenvalue weighted by atomic mass is 16.5. The average Bonchev–Trinajstić information content (AvgIpc) is 3.31. The Hall–Kier alpha value is -3.38. The van der Waals surface area contributed by atoms with Crippen molar-refractivity contribution in [1.82, 2.24) is 4.98 Å². The number of fused-ring (bicyclic) bond motifs is 1. The van der Waals surface area contributed by atoms with Gasteiger partial charge in [0.25, 0.3) is 0 Å². The van der Waals surface area contributed by atoms with E-state index in [1.807, 2.05) is 61.5 Å². The maximum absolute atomic E-state index is 12.7. The zero-order chi connectivity index (χ0) is 20.2. The molecule has 148 valence electrons. The Kier molecular flexibility index (Phi) is 5.44. The Morgan fingerprint density at radius 1 is 1.00 bits per heavy atom. The number of carbonyl (C=O) groups excluding carboxylic acids is 1. The maximum atomic E-state index is 12.7. The lowest BCUT2D eigenvalue weighted by Crippen LogP contribution is -2.08. The molecule has 0 aliphatic carbocycles. The van der Waals surface area contributed by atoms with Crippen LogP contribution in [0.4, 0.5) is 0 Å². The van der Waals surface area contributed by atoms with Crippen LogP contribution in [0.25, 0.3) is 22.4 Å². The molecule has 0 bridgehead atoms. The van der Waals surface area contributed by atoms with Gasteiger partial charge in [0.05, 0.1) is 6.61 Å². The molecular weight excluding hydrogens is 370 g/mol. The molecule has 0 amide bonds. The Labute approximate surface area is 168 Å². The first kappa shape index (κ1) is 19.0. The first-order valence-electron chi connectivity index (χ1n) is 9.44. The average molecular weight is 391 g/mol. The summed E-state index contributed by atoms with van der Waals surface area (Å²) in [6, 6.07) is 17.0. The van der Waals surface area contributed by atoms with Gasteiger partial charge in [-0.05, 0) is 32.0 Å². The fourth-order valence-electron chi connectivity index (χ4n) is 3.08. The van der Waals surface area contributed by atoms with Crippen LogP contribution in [0.15, 0.2) is 63.4 Å². The standard InChI is InChI=1S/C23H21NO5/c1-3-26-13-18-17-11-7-8-12-20(17)29-21(18)23(25)27-14-19-15(2)28-22(24-19)16-9-5-4-6-10-16/h4-12H,3,13-14H2,1-2H3. The number of ether oxygens (including phenoxy) is 2. The topological polar surface area (TPSA) is 74.7 Å². The highest BCUT2D eigenvalue weighted by Gasteiger charge is 2.23. The van der Waals surface area contributed by atoms with E-state index in [9.17, 15) is 4.79 Å². The highest BCUT2D eigenvalue weighted by Crippen LogP contribution is 2.28. The second-order valence-electron chi connectivity index (χ2n) is 6.51. The fraction of sp³-hybridized carbons (Fsp3) is 0.217. The summed E-state index contributed by atoms with van der Waals surface area (Å²) in [7, 11) is 0. The molecule has 6 nitrogen and oxygen atoms in total. The SMILES string of the molecule is CCOCc1c(C(=O)OCc2nc(-c3ccccc3)oc2C)oc2ccccc12. The summed E-state index contributed by atoms with van der Waals surface area (Å²) in [6.07, 6.45) is 0. The number of nitrogens with zero attached hydrogens (tertiary/aromatic N) is 1. The molecule has 6 heteroatoms. The molecule has 0 unspecified atom stereocenters. The van der Waals surface area contributed by atoms with E-state index < -0.39 is 5.97 Å². The molecule has 0 saturated carbocycles. The number of aryl methyl sites for hydroxylation is 1. The first-order valence-corrected chi connectivity index (χ1v) is 9.44. The van der Waals surface area contributed by atoms with Crippen molar-refractivity contribution in [2.24, 2.45) is 0 Å². The predicted molar refractivity (Wildman–Crippen MR) is 107 cm³/mol. The summed E-state index contributed by atoms with van der Waals surface area (Å²) < 4.78 is 22.5. The van der Waals surface area contributed by atoms with Crippen molar-refractivity contribution in [3.8, 4) is 11.5 Å². The lowest BCUT2D eigenvalue weighted by atomic mass is 10.1. The van der Waals surface area contributed by atoms with Crippen LogP contribution < -0.4 is 0 Å². The van der Waals surface area contributed by atoms with Crippen LogP contribution in [0.5, 0.6) is 0 Å². The number of aromatic nitrogens is 1. The monoisotopic (exact) mass is 391 g/mol. The van der Waals surface area contributed by atoms with Crippen molar-refractivity contribution in [3.63, 3.8) is 0 Å². The van der Waals surface area contributed by atoms with E-state index in [1.54, 1.807) is 6.92 Å². The van der Waals surface area contributed by atoms with Gasteiger partial charge in [0, 0.05) is 23.1 Å². The van der Waals surface area contributed by atoms with Gasteiger partial charge in [-0.3, -0.25) is 0 Å². The molecule has 4 rings (SSSR count). The molecule has 0 spiro atoms. The van der Waals surface area contributed by atoms with E-state index in [0.717, 1.165) is 10.9 Å². The summed E-state index contributed by atoms with van der Waals surface area (Å²) in [5.41, 5.74) is 2.75. The third-order valence-electron chi connectivity index (χ3n) is 4.59. The third-order valence-corrected chi connectivity index (χ3v) is 4.59. The molecular formula is C23H21NO5. The van der Waals surface area contributed by atoms with E-state index in [0.29, 0.717) is 35.1 Å². The number of furan rings is 1. The minimum Gasteiger partial charge on any atom is -0.453 e. The summed E-state index contributed by atoms with van der Waals surface area (Å²) >= 11 is 0. The van der Waals surface area contributed by atoms with E-state index in [1.165, 1.54) is 0 Å². The number of hydrogen-bond donors (Lipinski definition) is 0. The van der Waals surface area contributed by atoms with Gasteiger partial charge in [-0.15, -0.1) is 0 Å². The molecule has 0 fully saturated rings. The van der Waals surface area contributed by atoms with Crippen molar-refractivity contribution in [3.05, 3.63) is 77.4 Å². The number of para-hydroxylation sites is 1. The lowest BCUT2D eigenvalue weighted by Gasteiger charge is -2.04. The van der Waals surface area contributed by atoms with E-state index in [2.05, 4.69) is 4.98 Å². The van der Waals surface area contributed by atoms with Gasteiger partial charge < -0.3 is 18.3 Å². The number of rotatable bonds is 7. The molecule has 2 aromatic carbocycles. The summed E-state index contributed by atoms with van der Waals surface area (Å²) in [5.74, 6) is 0.703. The van der Waals surface area contributed by atoms with Gasteiger partial charge in [0.2, 0.25) is 11.7 Å². The normalized spacial score (nSPS) is 11.1. The van der Waals surface area contributed by atoms with Crippen LogP contribution in [0.1, 0.15) is 34.5 Å². The maximum Gasteiger partial charge on any atom is 0.375 e. The van der Waals surface area contributed by atoms with Crippen molar-refractivity contribution in [2.75, 3.05) is 6.61 Å². The summed E-state index contributed by atoms with van der Waals surface area (Å²) in [6.45, 7) is 4.50. The Balaban J connectivity index is 1.54. The van der Waals surface area contributed by atoms with Crippen LogP contribution in [-0.4, -0.2) is 17.6 Å². The van der Waals surface area contributed by atoms with Crippen LogP contribution in [0, 0.1) is 6.92 Å². The Bertz CT molecular complexity index is 1130. The van der Waals surface area contributed by atoms with Crippen molar-refractivity contribution in [2.45, 2.75) is 27.1 Å². The molecule has 2 aromatic heterocycles. The third kappa shape index (κ3) is 3.93. The van der Waals surface area contributed by atoms with E-state index in [-0.39, 0.29) is 19.0 Å². The molecule has 4 aromatic rings. The smallest absolute Gasteiger partial charge is 0.375 e. The minimum atomic E-state index is -0.556. The van der Waals surface area contributed by atoms with Crippen LogP contribution >= 0.6 is 0 Å². The van der Waals surface area contributed by atoms with Crippen LogP contribution in [-0.2, 0) is 22.7 Å². The minimum absolute atomic E-state index is 0.00782. The molecule has 0 N–H and O–H groups in total. The molecule has 29 heavy (non-hydrogen) atoms. The van der Waals surface area contributed by atoms with Crippen LogP contribution in [0.3, 0.4) is 0 Å². The van der Waals surface area contributed by atoms with Gasteiger partial charge in [0.1, 0.15) is 23.6 Å². The van der Waals surface area contributed by atoms with E-state index >= 15 is 0 Å². The first-order chi connectivity index (χ1) is 14.2. The zero-order valence-corrected chi connectivity index (χ0v) is 16.3. The quantitative estimate of drug-likeness (QED) is 0.399. The summed E-state index contributed by atoms with van der Waals surface area (Å²) in [4.78, 5) is 17.2. The molecule has 2 heterocycles. The van der Waals surface area contributed by atoms with Crippen molar-refractivity contribution < 1.29 is 23.1 Å². The van der Waals surface area contributed by atoms with Gasteiger partial charge in [-0.25, -0.2) is 9.78 Å². The fourth-order valence-corrected chi connectivity index (χ4v) is 3.08. The number of carbonyl (C=O) groups is 1. The number of benzene rings is 2. The Morgan fingerprint density at radius 3 is 2.55 bits per heavy atom. The molecule has 0 saturated heterocycles. The number of hydrogen-bond acceptors (Lipinski definition) is 6. The van der Waals surface area contributed by atoms with Gasteiger partial charge in [0.15, 0.2) is 0 Å². The predicted octanol–water partition coefficient (Wildman–Crippen LogP) is 5.29. The number of esters is 1. The van der Waals surface area contributed by atoms with Gasteiger partial charge in [-0.2, -0.15) is 0 Å². The highest BCUT2D eigenvalue weighted by molar-refractivity contribution is 5.96. The Morgan fingerprint density at radius 2 is 1.76 bits per heavy atom. The zero-order valence-electron chi connectivity index (χ0n) is 16.3. The molecule has 0 aliphatic heterocycles. The molecule has 0 aliphatic rings. The van der Waals surface area contributed by atoms with Gasteiger partial charge in [-0.1, -0.05) is 36.4 Å². The largest absolute Gasteiger partial charge is 0.453 e.